The monoisotopic (exact) mass is 166 g/mol. The van der Waals surface area contributed by atoms with E-state index in [-0.39, 0.29) is 0 Å². The van der Waals surface area contributed by atoms with E-state index in [0.29, 0.717) is 5.89 Å². The standard InChI is InChI=1S/C7H6N2OS/c1-5-2-8-7(10-5)6-3-11-4-9-6/h2-4H,1H3. The molecule has 2 heterocycles. The van der Waals surface area contributed by atoms with E-state index in [1.807, 2.05) is 12.3 Å². The number of rotatable bonds is 1. The van der Waals surface area contributed by atoms with Crippen LogP contribution in [0.3, 0.4) is 0 Å². The molecule has 3 nitrogen and oxygen atoms in total. The van der Waals surface area contributed by atoms with E-state index >= 15 is 0 Å². The van der Waals surface area contributed by atoms with Crippen molar-refractivity contribution in [1.82, 2.24) is 9.97 Å². The summed E-state index contributed by atoms with van der Waals surface area (Å²) in [7, 11) is 0. The second-order valence-corrected chi connectivity index (χ2v) is 2.87. The summed E-state index contributed by atoms with van der Waals surface area (Å²) in [6.45, 7) is 1.86. The third kappa shape index (κ3) is 1.17. The van der Waals surface area contributed by atoms with Gasteiger partial charge in [-0.2, -0.15) is 0 Å². The van der Waals surface area contributed by atoms with E-state index < -0.39 is 0 Å². The Labute approximate surface area is 67.7 Å². The molecule has 56 valence electrons. The van der Waals surface area contributed by atoms with E-state index in [1.165, 1.54) is 11.3 Å². The minimum atomic E-state index is 0.601. The van der Waals surface area contributed by atoms with Crippen molar-refractivity contribution in [3.63, 3.8) is 0 Å². The van der Waals surface area contributed by atoms with Crippen LogP contribution in [0.2, 0.25) is 0 Å². The highest BCUT2D eigenvalue weighted by Gasteiger charge is 2.04. The molecule has 0 radical (unpaired) electrons. The molecule has 2 aromatic heterocycles. The normalized spacial score (nSPS) is 10.3. The maximum atomic E-state index is 5.26. The van der Waals surface area contributed by atoms with Gasteiger partial charge in [-0.15, -0.1) is 11.3 Å². The topological polar surface area (TPSA) is 38.9 Å². The molecule has 0 atom stereocenters. The van der Waals surface area contributed by atoms with Crippen molar-refractivity contribution in [3.8, 4) is 11.6 Å². The molecule has 0 aromatic carbocycles. The fourth-order valence-electron chi connectivity index (χ4n) is 0.791. The van der Waals surface area contributed by atoms with Crippen molar-refractivity contribution in [2.45, 2.75) is 6.92 Å². The van der Waals surface area contributed by atoms with E-state index in [4.69, 9.17) is 4.42 Å². The lowest BCUT2D eigenvalue weighted by molar-refractivity contribution is 0.541. The van der Waals surface area contributed by atoms with Gasteiger partial charge in [0.25, 0.3) is 0 Å². The highest BCUT2D eigenvalue weighted by molar-refractivity contribution is 7.07. The Hall–Kier alpha value is -1.16. The highest BCUT2D eigenvalue weighted by Crippen LogP contribution is 2.17. The first-order valence-corrected chi connectivity index (χ1v) is 4.11. The van der Waals surface area contributed by atoms with Crippen LogP contribution in [0.5, 0.6) is 0 Å². The predicted octanol–water partition coefficient (Wildman–Crippen LogP) is 2.11. The molecule has 0 saturated heterocycles. The molecule has 2 aromatic rings. The van der Waals surface area contributed by atoms with Gasteiger partial charge in [-0.25, -0.2) is 9.97 Å². The van der Waals surface area contributed by atoms with Crippen molar-refractivity contribution in [1.29, 1.82) is 0 Å². The third-order valence-corrected chi connectivity index (χ3v) is 1.86. The first-order chi connectivity index (χ1) is 5.36. The lowest BCUT2D eigenvalue weighted by atomic mass is 10.5. The molecule has 0 aliphatic carbocycles. The molecule has 0 bridgehead atoms. The Morgan fingerprint density at radius 2 is 2.36 bits per heavy atom. The van der Waals surface area contributed by atoms with Crippen LogP contribution in [-0.2, 0) is 0 Å². The number of aromatic nitrogens is 2. The van der Waals surface area contributed by atoms with Gasteiger partial charge in [-0.1, -0.05) is 0 Å². The molecule has 0 aliphatic rings. The molecule has 2 rings (SSSR count). The van der Waals surface area contributed by atoms with Crippen molar-refractivity contribution in [3.05, 3.63) is 22.8 Å². The van der Waals surface area contributed by atoms with E-state index in [2.05, 4.69) is 9.97 Å². The van der Waals surface area contributed by atoms with Gasteiger partial charge < -0.3 is 4.42 Å². The fourth-order valence-corrected chi connectivity index (χ4v) is 1.32. The maximum absolute atomic E-state index is 5.26. The summed E-state index contributed by atoms with van der Waals surface area (Å²) < 4.78 is 5.26. The average molecular weight is 166 g/mol. The predicted molar refractivity (Wildman–Crippen MR) is 42.3 cm³/mol. The Morgan fingerprint density at radius 3 is 2.91 bits per heavy atom. The summed E-state index contributed by atoms with van der Waals surface area (Å²) >= 11 is 1.53. The molecule has 4 heteroatoms. The van der Waals surface area contributed by atoms with Crippen LogP contribution in [-0.4, -0.2) is 9.97 Å². The average Bonchev–Trinajstić information content (AvgIpc) is 2.55. The minimum absolute atomic E-state index is 0.601. The van der Waals surface area contributed by atoms with Gasteiger partial charge in [0.15, 0.2) is 0 Å². The number of oxazole rings is 1. The van der Waals surface area contributed by atoms with Gasteiger partial charge in [-0.05, 0) is 6.92 Å². The molecule has 0 saturated carbocycles. The van der Waals surface area contributed by atoms with Crippen LogP contribution in [0.15, 0.2) is 21.5 Å². The zero-order valence-corrected chi connectivity index (χ0v) is 6.76. The molecule has 0 unspecified atom stereocenters. The number of hydrogen-bond donors (Lipinski definition) is 0. The highest BCUT2D eigenvalue weighted by atomic mass is 32.1. The number of nitrogens with zero attached hydrogens (tertiary/aromatic N) is 2. The Kier molecular flexibility index (Phi) is 1.47. The molecule has 0 fully saturated rings. The minimum Gasteiger partial charge on any atom is -0.440 e. The molecular weight excluding hydrogens is 160 g/mol. The van der Waals surface area contributed by atoms with Gasteiger partial charge in [0.05, 0.1) is 11.7 Å². The first kappa shape index (κ1) is 6.54. The molecule has 11 heavy (non-hydrogen) atoms. The second-order valence-electron chi connectivity index (χ2n) is 2.15. The van der Waals surface area contributed by atoms with Crippen LogP contribution in [0, 0.1) is 6.92 Å². The van der Waals surface area contributed by atoms with Crippen LogP contribution >= 0.6 is 11.3 Å². The van der Waals surface area contributed by atoms with Crippen molar-refractivity contribution in [2.24, 2.45) is 0 Å². The second kappa shape index (κ2) is 2.47. The zero-order valence-electron chi connectivity index (χ0n) is 5.94. The van der Waals surface area contributed by atoms with Crippen LogP contribution in [0.4, 0.5) is 0 Å². The molecule has 0 aliphatic heterocycles. The summed E-state index contributed by atoms with van der Waals surface area (Å²) in [5.74, 6) is 1.41. The summed E-state index contributed by atoms with van der Waals surface area (Å²) in [5.41, 5.74) is 2.57. The summed E-state index contributed by atoms with van der Waals surface area (Å²) in [5, 5.41) is 1.91. The molecule has 0 spiro atoms. The van der Waals surface area contributed by atoms with Gasteiger partial charge in [0.2, 0.25) is 5.89 Å². The SMILES string of the molecule is Cc1cnc(-c2cscn2)o1. The van der Waals surface area contributed by atoms with E-state index in [1.54, 1.807) is 11.7 Å². The van der Waals surface area contributed by atoms with Crippen molar-refractivity contribution < 1.29 is 4.42 Å². The largest absolute Gasteiger partial charge is 0.440 e. The number of hydrogen-bond acceptors (Lipinski definition) is 4. The maximum Gasteiger partial charge on any atom is 0.246 e. The summed E-state index contributed by atoms with van der Waals surface area (Å²) in [6, 6.07) is 0. The smallest absolute Gasteiger partial charge is 0.246 e. The number of thiazole rings is 1. The lowest BCUT2D eigenvalue weighted by Gasteiger charge is -1.83. The quantitative estimate of drug-likeness (QED) is 0.651. The van der Waals surface area contributed by atoms with E-state index in [0.717, 1.165) is 11.5 Å². The zero-order chi connectivity index (χ0) is 7.68. The Morgan fingerprint density at radius 1 is 1.45 bits per heavy atom. The van der Waals surface area contributed by atoms with Crippen LogP contribution in [0.1, 0.15) is 5.76 Å². The van der Waals surface area contributed by atoms with E-state index in [9.17, 15) is 0 Å². The summed E-state index contributed by atoms with van der Waals surface area (Å²) in [4.78, 5) is 8.10. The van der Waals surface area contributed by atoms with Crippen LogP contribution < -0.4 is 0 Å². The van der Waals surface area contributed by atoms with Crippen molar-refractivity contribution >= 4 is 11.3 Å². The van der Waals surface area contributed by atoms with Gasteiger partial charge in [-0.3, -0.25) is 0 Å². The van der Waals surface area contributed by atoms with Crippen molar-refractivity contribution in [2.75, 3.05) is 0 Å². The summed E-state index contributed by atoms with van der Waals surface area (Å²) in [6.07, 6.45) is 1.69. The molecule has 0 N–H and O–H groups in total. The third-order valence-electron chi connectivity index (χ3n) is 1.27. The van der Waals surface area contributed by atoms with Gasteiger partial charge in [0, 0.05) is 5.38 Å². The van der Waals surface area contributed by atoms with Gasteiger partial charge in [0.1, 0.15) is 11.5 Å². The molecular formula is C7H6N2OS. The lowest BCUT2D eigenvalue weighted by Crippen LogP contribution is -1.73. The van der Waals surface area contributed by atoms with Gasteiger partial charge >= 0.3 is 0 Å². The molecule has 0 amide bonds. The Bertz CT molecular complexity index is 339. The number of aryl methyl sites for hydroxylation is 1. The van der Waals surface area contributed by atoms with Crippen LogP contribution in [0.25, 0.3) is 11.6 Å². The Balaban J connectivity index is 2.45. The first-order valence-electron chi connectivity index (χ1n) is 3.17. The fraction of sp³-hybridized carbons (Fsp3) is 0.143.